The van der Waals surface area contributed by atoms with Crippen LogP contribution in [0.3, 0.4) is 0 Å². The van der Waals surface area contributed by atoms with Crippen molar-refractivity contribution in [2.24, 2.45) is 4.99 Å². The van der Waals surface area contributed by atoms with Crippen LogP contribution in [0.2, 0.25) is 0 Å². The molecule has 2 aliphatic heterocycles. The number of amides is 2. The van der Waals surface area contributed by atoms with Gasteiger partial charge in [0.25, 0.3) is 0 Å². The average Bonchev–Trinajstić information content (AvgIpc) is 3.10. The van der Waals surface area contributed by atoms with Gasteiger partial charge in [-0.15, -0.1) is 0 Å². The molecule has 0 N–H and O–H groups in total. The fraction of sp³-hybridized carbons (Fsp3) is 0.294. The molecule has 0 unspecified atom stereocenters. The van der Waals surface area contributed by atoms with Gasteiger partial charge in [-0.2, -0.15) is 5.10 Å². The summed E-state index contributed by atoms with van der Waals surface area (Å²) in [5.41, 5.74) is 1.54. The molecule has 0 radical (unpaired) electrons. The number of carbonyl (C=O) groups excluding carboxylic acids is 2. The van der Waals surface area contributed by atoms with Crippen LogP contribution in [-0.4, -0.2) is 59.3 Å². The first-order chi connectivity index (χ1) is 12.2. The molecule has 0 aliphatic carbocycles. The lowest BCUT2D eigenvalue weighted by Gasteiger charge is -2.37. The summed E-state index contributed by atoms with van der Waals surface area (Å²) >= 11 is 0. The highest BCUT2D eigenvalue weighted by atomic mass is 16.5. The van der Waals surface area contributed by atoms with Crippen LogP contribution in [0.4, 0.5) is 10.6 Å². The first-order valence-corrected chi connectivity index (χ1v) is 8.05. The molecule has 0 saturated carbocycles. The van der Waals surface area contributed by atoms with Crippen molar-refractivity contribution >= 4 is 23.7 Å². The molecule has 0 atom stereocenters. The molecule has 2 amide bonds. The quantitative estimate of drug-likeness (QED) is 0.793. The number of methoxy groups -OCH3 is 1. The van der Waals surface area contributed by atoms with Crippen LogP contribution < -0.4 is 4.90 Å². The predicted octanol–water partition coefficient (Wildman–Crippen LogP) is 1.44. The molecule has 2 aliphatic rings. The first-order valence-electron chi connectivity index (χ1n) is 8.05. The molecule has 128 valence electrons. The van der Waals surface area contributed by atoms with Crippen LogP contribution in [0.5, 0.6) is 0 Å². The second-order valence-corrected chi connectivity index (χ2v) is 5.78. The third kappa shape index (κ3) is 2.46. The number of aliphatic imine (C=N–C) groups is 1. The van der Waals surface area contributed by atoms with Crippen LogP contribution in [0.1, 0.15) is 12.0 Å². The van der Waals surface area contributed by atoms with Gasteiger partial charge in [-0.1, -0.05) is 18.2 Å². The number of esters is 1. The number of hydrogen-bond acceptors (Lipinski definition) is 5. The largest absolute Gasteiger partial charge is 0.468 e. The van der Waals surface area contributed by atoms with Crippen molar-refractivity contribution in [2.75, 3.05) is 31.6 Å². The zero-order valence-electron chi connectivity index (χ0n) is 13.8. The van der Waals surface area contributed by atoms with Crippen molar-refractivity contribution in [3.63, 3.8) is 0 Å². The number of anilines is 1. The maximum atomic E-state index is 13.0. The summed E-state index contributed by atoms with van der Waals surface area (Å²) in [5, 5.41) is 4.44. The van der Waals surface area contributed by atoms with Gasteiger partial charge in [-0.25, -0.2) is 9.48 Å². The van der Waals surface area contributed by atoms with E-state index in [0.717, 1.165) is 17.7 Å². The standard InChI is InChI=1S/C17H17N5O3/c1-25-14(23)11-21-16-13(15-18-8-5-9-20(15)17(21)24)10-19-22(16)12-6-3-2-4-7-12/h2-4,6-7,10H,5,8-9,11H2,1H3. The van der Waals surface area contributed by atoms with Crippen molar-refractivity contribution in [3.8, 4) is 5.69 Å². The Bertz CT molecular complexity index is 858. The molecule has 0 spiro atoms. The third-order valence-electron chi connectivity index (χ3n) is 4.27. The minimum Gasteiger partial charge on any atom is -0.468 e. The van der Waals surface area contributed by atoms with Gasteiger partial charge in [0.05, 0.1) is 24.6 Å². The van der Waals surface area contributed by atoms with E-state index >= 15 is 0 Å². The predicted molar refractivity (Wildman–Crippen MR) is 91.0 cm³/mol. The summed E-state index contributed by atoms with van der Waals surface area (Å²) in [6, 6.07) is 9.19. The Morgan fingerprint density at radius 2 is 2.08 bits per heavy atom. The fourth-order valence-electron chi connectivity index (χ4n) is 3.11. The Balaban J connectivity index is 1.89. The number of urea groups is 1. The lowest BCUT2D eigenvalue weighted by Crippen LogP contribution is -2.54. The molecule has 4 rings (SSSR count). The number of aromatic nitrogens is 2. The highest BCUT2D eigenvalue weighted by molar-refractivity contribution is 6.19. The Morgan fingerprint density at radius 1 is 1.28 bits per heavy atom. The van der Waals surface area contributed by atoms with Gasteiger partial charge in [-0.3, -0.25) is 19.6 Å². The summed E-state index contributed by atoms with van der Waals surface area (Å²) < 4.78 is 6.42. The Morgan fingerprint density at radius 3 is 2.84 bits per heavy atom. The molecule has 8 nitrogen and oxygen atoms in total. The molecule has 25 heavy (non-hydrogen) atoms. The summed E-state index contributed by atoms with van der Waals surface area (Å²) in [4.78, 5) is 32.4. The molecule has 0 saturated heterocycles. The Hall–Kier alpha value is -3.16. The number of fused-ring (bicyclic) bond motifs is 3. The SMILES string of the molecule is COC(=O)CN1C(=O)N2CCCN=C2c2cnn(-c3ccccc3)c21. The Labute approximate surface area is 144 Å². The van der Waals surface area contributed by atoms with E-state index in [0.29, 0.717) is 24.7 Å². The van der Waals surface area contributed by atoms with E-state index in [-0.39, 0.29) is 12.6 Å². The van der Waals surface area contributed by atoms with Gasteiger partial charge < -0.3 is 4.74 Å². The van der Waals surface area contributed by atoms with Crippen LogP contribution in [0.25, 0.3) is 5.69 Å². The number of carbonyl (C=O) groups is 2. The molecular weight excluding hydrogens is 322 g/mol. The number of para-hydroxylation sites is 1. The molecule has 1 aromatic heterocycles. The Kier molecular flexibility index (Phi) is 3.72. The summed E-state index contributed by atoms with van der Waals surface area (Å²) in [5.74, 6) is 0.672. The number of amidine groups is 1. The molecule has 0 fully saturated rings. The van der Waals surface area contributed by atoms with E-state index in [2.05, 4.69) is 10.1 Å². The minimum absolute atomic E-state index is 0.176. The van der Waals surface area contributed by atoms with Crippen LogP contribution >= 0.6 is 0 Å². The van der Waals surface area contributed by atoms with Crippen LogP contribution in [-0.2, 0) is 9.53 Å². The van der Waals surface area contributed by atoms with Crippen LogP contribution in [0.15, 0.2) is 41.5 Å². The van der Waals surface area contributed by atoms with E-state index < -0.39 is 5.97 Å². The number of ether oxygens (including phenoxy) is 1. The number of nitrogens with zero attached hydrogens (tertiary/aromatic N) is 5. The molecular formula is C17H17N5O3. The molecule has 1 aromatic carbocycles. The van der Waals surface area contributed by atoms with Crippen molar-refractivity contribution < 1.29 is 14.3 Å². The first kappa shape index (κ1) is 15.4. The number of rotatable bonds is 3. The van der Waals surface area contributed by atoms with Gasteiger partial charge in [0, 0.05) is 13.1 Å². The molecule has 3 heterocycles. The second-order valence-electron chi connectivity index (χ2n) is 5.78. The van der Waals surface area contributed by atoms with Gasteiger partial charge in [-0.05, 0) is 18.6 Å². The third-order valence-corrected chi connectivity index (χ3v) is 4.27. The molecule has 8 heteroatoms. The lowest BCUT2D eigenvalue weighted by molar-refractivity contribution is -0.138. The highest BCUT2D eigenvalue weighted by Gasteiger charge is 2.40. The van der Waals surface area contributed by atoms with E-state index in [1.165, 1.54) is 12.0 Å². The smallest absolute Gasteiger partial charge is 0.331 e. The lowest BCUT2D eigenvalue weighted by atomic mass is 10.1. The topological polar surface area (TPSA) is 80.0 Å². The van der Waals surface area contributed by atoms with Crippen molar-refractivity contribution in [1.29, 1.82) is 0 Å². The summed E-state index contributed by atoms with van der Waals surface area (Å²) in [7, 11) is 1.31. The van der Waals surface area contributed by atoms with E-state index in [9.17, 15) is 9.59 Å². The van der Waals surface area contributed by atoms with Gasteiger partial charge in [0.1, 0.15) is 12.4 Å². The summed E-state index contributed by atoms with van der Waals surface area (Å²) in [6.45, 7) is 1.07. The van der Waals surface area contributed by atoms with Crippen molar-refractivity contribution in [1.82, 2.24) is 14.7 Å². The van der Waals surface area contributed by atoms with Crippen LogP contribution in [0, 0.1) is 0 Å². The van der Waals surface area contributed by atoms with Crippen molar-refractivity contribution in [3.05, 3.63) is 42.1 Å². The normalized spacial score (nSPS) is 16.2. The maximum Gasteiger partial charge on any atom is 0.331 e. The molecule has 2 aromatic rings. The monoisotopic (exact) mass is 339 g/mol. The minimum atomic E-state index is -0.488. The highest BCUT2D eigenvalue weighted by Crippen LogP contribution is 2.32. The average molecular weight is 339 g/mol. The zero-order chi connectivity index (χ0) is 17.4. The van der Waals surface area contributed by atoms with Gasteiger partial charge in [0.2, 0.25) is 0 Å². The fourth-order valence-corrected chi connectivity index (χ4v) is 3.11. The van der Waals surface area contributed by atoms with E-state index in [1.807, 2.05) is 30.3 Å². The summed E-state index contributed by atoms with van der Waals surface area (Å²) in [6.07, 6.45) is 2.49. The number of hydrogen-bond donors (Lipinski definition) is 0. The second kappa shape index (κ2) is 6.04. The molecule has 0 bridgehead atoms. The number of benzene rings is 1. The van der Waals surface area contributed by atoms with E-state index in [1.54, 1.807) is 15.8 Å². The van der Waals surface area contributed by atoms with Gasteiger partial charge >= 0.3 is 12.0 Å². The van der Waals surface area contributed by atoms with Crippen molar-refractivity contribution in [2.45, 2.75) is 6.42 Å². The van der Waals surface area contributed by atoms with E-state index in [4.69, 9.17) is 4.74 Å². The maximum absolute atomic E-state index is 13.0. The zero-order valence-corrected chi connectivity index (χ0v) is 13.8. The van der Waals surface area contributed by atoms with Gasteiger partial charge in [0.15, 0.2) is 5.82 Å².